The first-order valence-corrected chi connectivity index (χ1v) is 12.5. The average Bonchev–Trinajstić information content (AvgIpc) is 2.90. The van der Waals surface area contributed by atoms with Gasteiger partial charge in [-0.1, -0.05) is 61.7 Å². The normalized spacial score (nSPS) is 13.7. The Balaban J connectivity index is 1.55. The quantitative estimate of drug-likeness (QED) is 0.436. The van der Waals surface area contributed by atoms with Crippen molar-refractivity contribution in [3.05, 3.63) is 71.8 Å². The zero-order valence-corrected chi connectivity index (χ0v) is 21.2. The van der Waals surface area contributed by atoms with E-state index in [0.717, 1.165) is 42.0 Å². The molecule has 0 aromatic heterocycles. The number of hydrogen-bond donors (Lipinski definition) is 2. The molecular weight excluding hydrogens is 474 g/mol. The zero-order chi connectivity index (χ0) is 25.5. The van der Waals surface area contributed by atoms with Gasteiger partial charge < -0.3 is 20.1 Å². The fourth-order valence-corrected chi connectivity index (χ4v) is 5.00. The van der Waals surface area contributed by atoms with Gasteiger partial charge in [0.1, 0.15) is 0 Å². The average molecular weight is 506 g/mol. The summed E-state index contributed by atoms with van der Waals surface area (Å²) in [7, 11) is 1.55. The summed E-state index contributed by atoms with van der Waals surface area (Å²) in [5.41, 5.74) is 6.74. The smallest absolute Gasteiger partial charge is 0.258 e. The predicted molar refractivity (Wildman–Crippen MR) is 144 cm³/mol. The fraction of sp³-hybridized carbons (Fsp3) is 0.321. The number of fused-ring (bicyclic) bond motifs is 1. The Hall–Kier alpha value is -3.65. The number of carbonyl (C=O) groups excluding carboxylic acids is 2. The molecule has 0 radical (unpaired) electrons. The first-order chi connectivity index (χ1) is 17.5. The van der Waals surface area contributed by atoms with Gasteiger partial charge in [0.15, 0.2) is 23.2 Å². The van der Waals surface area contributed by atoms with Crippen molar-refractivity contribution in [3.8, 4) is 11.5 Å². The van der Waals surface area contributed by atoms with Gasteiger partial charge >= 0.3 is 0 Å². The van der Waals surface area contributed by atoms with E-state index in [4.69, 9.17) is 27.4 Å². The van der Waals surface area contributed by atoms with Gasteiger partial charge in [-0.25, -0.2) is 0 Å². The van der Waals surface area contributed by atoms with Gasteiger partial charge in [-0.15, -0.1) is 0 Å². The Kier molecular flexibility index (Phi) is 8.38. The summed E-state index contributed by atoms with van der Waals surface area (Å²) < 4.78 is 10.9. The number of primary amides is 1. The van der Waals surface area contributed by atoms with Crippen molar-refractivity contribution in [1.82, 2.24) is 10.2 Å². The van der Waals surface area contributed by atoms with E-state index in [0.29, 0.717) is 28.7 Å². The molecule has 8 heteroatoms. The number of amides is 2. The van der Waals surface area contributed by atoms with Gasteiger partial charge in [0, 0.05) is 18.2 Å². The summed E-state index contributed by atoms with van der Waals surface area (Å²) in [5.74, 6) is 0.168. The summed E-state index contributed by atoms with van der Waals surface area (Å²) in [6.45, 7) is 0.278. The highest BCUT2D eigenvalue weighted by molar-refractivity contribution is 7.80. The maximum Gasteiger partial charge on any atom is 0.258 e. The van der Waals surface area contributed by atoms with Gasteiger partial charge in [0.05, 0.1) is 7.11 Å². The highest BCUT2D eigenvalue weighted by Crippen LogP contribution is 2.30. The number of ether oxygens (including phenoxy) is 2. The maximum absolute atomic E-state index is 13.3. The van der Waals surface area contributed by atoms with Crippen LogP contribution in [0.25, 0.3) is 10.8 Å². The van der Waals surface area contributed by atoms with Crippen LogP contribution in [0.1, 0.15) is 48.0 Å². The van der Waals surface area contributed by atoms with Crippen LogP contribution < -0.4 is 20.5 Å². The van der Waals surface area contributed by atoms with Crippen LogP contribution in [0.15, 0.2) is 60.7 Å². The summed E-state index contributed by atoms with van der Waals surface area (Å²) in [4.78, 5) is 26.5. The van der Waals surface area contributed by atoms with Crippen LogP contribution in [0.4, 0.5) is 0 Å². The topological polar surface area (TPSA) is 93.9 Å². The Bertz CT molecular complexity index is 1250. The third kappa shape index (κ3) is 6.12. The zero-order valence-electron chi connectivity index (χ0n) is 20.4. The second kappa shape index (κ2) is 11.9. The van der Waals surface area contributed by atoms with E-state index in [1.807, 2.05) is 54.6 Å². The minimum absolute atomic E-state index is 0.217. The van der Waals surface area contributed by atoms with Crippen molar-refractivity contribution in [1.29, 1.82) is 0 Å². The molecule has 0 atom stereocenters. The van der Waals surface area contributed by atoms with E-state index in [1.165, 1.54) is 6.42 Å². The molecule has 0 saturated heterocycles. The Morgan fingerprint density at radius 2 is 1.78 bits per heavy atom. The van der Waals surface area contributed by atoms with Crippen molar-refractivity contribution < 1.29 is 19.1 Å². The molecule has 1 saturated carbocycles. The van der Waals surface area contributed by atoms with Gasteiger partial charge in [-0.2, -0.15) is 0 Å². The number of benzene rings is 3. The molecule has 1 aliphatic carbocycles. The summed E-state index contributed by atoms with van der Waals surface area (Å²) in [5, 5.41) is 5.30. The van der Waals surface area contributed by atoms with Crippen LogP contribution in [-0.2, 0) is 11.3 Å². The molecule has 0 bridgehead atoms. The monoisotopic (exact) mass is 505 g/mol. The molecule has 7 nitrogen and oxygen atoms in total. The number of thiocarbonyl (C=S) groups is 1. The molecule has 3 N–H and O–H groups in total. The highest BCUT2D eigenvalue weighted by atomic mass is 32.1. The highest BCUT2D eigenvalue weighted by Gasteiger charge is 2.25. The molecular formula is C28H31N3O4S. The van der Waals surface area contributed by atoms with Crippen LogP contribution in [0, 0.1) is 0 Å². The number of carbonyl (C=O) groups is 2. The molecule has 188 valence electrons. The largest absolute Gasteiger partial charge is 0.493 e. The third-order valence-electron chi connectivity index (χ3n) is 6.48. The number of rotatable bonds is 8. The lowest BCUT2D eigenvalue weighted by Gasteiger charge is -2.36. The van der Waals surface area contributed by atoms with Gasteiger partial charge in [0.2, 0.25) is 0 Å². The van der Waals surface area contributed by atoms with Crippen molar-refractivity contribution in [2.45, 2.75) is 44.7 Å². The Morgan fingerprint density at radius 1 is 1.03 bits per heavy atom. The van der Waals surface area contributed by atoms with Gasteiger partial charge in [-0.05, 0) is 59.6 Å². The number of nitrogens with zero attached hydrogens (tertiary/aromatic N) is 1. The molecule has 2 amide bonds. The van der Waals surface area contributed by atoms with Gasteiger partial charge in [-0.3, -0.25) is 14.9 Å². The lowest BCUT2D eigenvalue weighted by molar-refractivity contribution is -0.119. The van der Waals surface area contributed by atoms with Crippen molar-refractivity contribution in [2.24, 2.45) is 5.73 Å². The van der Waals surface area contributed by atoms with E-state index in [1.54, 1.807) is 13.2 Å². The molecule has 36 heavy (non-hydrogen) atoms. The van der Waals surface area contributed by atoms with Crippen LogP contribution in [0.5, 0.6) is 11.5 Å². The van der Waals surface area contributed by atoms with E-state index in [-0.39, 0.29) is 18.6 Å². The molecule has 3 aromatic rings. The number of nitrogens with one attached hydrogen (secondary N) is 1. The number of methoxy groups -OCH3 is 1. The maximum atomic E-state index is 13.3. The Morgan fingerprint density at radius 3 is 2.53 bits per heavy atom. The molecule has 1 fully saturated rings. The molecule has 0 heterocycles. The number of hydrogen-bond acceptors (Lipinski definition) is 5. The Labute approximate surface area is 216 Å². The van der Waals surface area contributed by atoms with Crippen molar-refractivity contribution in [2.75, 3.05) is 13.7 Å². The molecule has 0 spiro atoms. The van der Waals surface area contributed by atoms with Crippen LogP contribution in [-0.4, -0.2) is 41.6 Å². The summed E-state index contributed by atoms with van der Waals surface area (Å²) in [6, 6.07) is 19.3. The number of nitrogens with two attached hydrogens (primary N) is 1. The van der Waals surface area contributed by atoms with Crippen molar-refractivity contribution >= 4 is 39.9 Å². The lowest BCUT2D eigenvalue weighted by Crippen LogP contribution is -2.48. The minimum atomic E-state index is -0.558. The second-order valence-corrected chi connectivity index (χ2v) is 9.33. The lowest BCUT2D eigenvalue weighted by atomic mass is 9.94. The van der Waals surface area contributed by atoms with Crippen LogP contribution in [0.2, 0.25) is 0 Å². The van der Waals surface area contributed by atoms with E-state index in [9.17, 15) is 9.59 Å². The molecule has 3 aromatic carbocycles. The minimum Gasteiger partial charge on any atom is -0.493 e. The molecule has 1 aliphatic rings. The second-order valence-electron chi connectivity index (χ2n) is 8.95. The van der Waals surface area contributed by atoms with Crippen molar-refractivity contribution in [3.63, 3.8) is 0 Å². The third-order valence-corrected chi connectivity index (χ3v) is 6.82. The van der Waals surface area contributed by atoms with E-state index in [2.05, 4.69) is 10.2 Å². The summed E-state index contributed by atoms with van der Waals surface area (Å²) in [6.07, 6.45) is 5.50. The standard InChI is InChI=1S/C28H31N3O4S/c1-34-25-16-19(14-15-24(25)35-18-26(29)32)17-31(21-10-3-2-4-11-21)28(36)30-27(33)23-13-7-9-20-8-5-6-12-22(20)23/h5-9,12-16,21H,2-4,10-11,17-18H2,1H3,(H2,29,32)(H,30,33,36). The molecule has 0 unspecified atom stereocenters. The van der Waals surface area contributed by atoms with Crippen LogP contribution >= 0.6 is 12.2 Å². The first kappa shape index (κ1) is 25.4. The fourth-order valence-electron chi connectivity index (χ4n) is 4.69. The summed E-state index contributed by atoms with van der Waals surface area (Å²) >= 11 is 5.80. The molecule has 0 aliphatic heterocycles. The van der Waals surface area contributed by atoms with E-state index >= 15 is 0 Å². The van der Waals surface area contributed by atoms with Crippen LogP contribution in [0.3, 0.4) is 0 Å². The molecule has 4 rings (SSSR count). The van der Waals surface area contributed by atoms with E-state index < -0.39 is 5.91 Å². The first-order valence-electron chi connectivity index (χ1n) is 12.1. The SMILES string of the molecule is COc1cc(CN(C(=S)NC(=O)c2cccc3ccccc23)C2CCCCC2)ccc1OCC(N)=O. The van der Waals surface area contributed by atoms with Gasteiger partial charge in [0.25, 0.3) is 11.8 Å². The predicted octanol–water partition coefficient (Wildman–Crippen LogP) is 4.56.